The Morgan fingerprint density at radius 3 is 2.84 bits per heavy atom. The number of fused-ring (bicyclic) bond motifs is 1. The van der Waals surface area contributed by atoms with Crippen LogP contribution in [0.5, 0.6) is 5.75 Å². The number of nitrogens with zero attached hydrogens (tertiary/aromatic N) is 2. The number of hydrogen-bond acceptors (Lipinski definition) is 5. The topological polar surface area (TPSA) is 51.7 Å². The second-order valence-corrected chi connectivity index (χ2v) is 9.29. The minimum atomic E-state index is -0.0848. The number of carbonyl (C=O) groups is 1. The van der Waals surface area contributed by atoms with Crippen LogP contribution in [0.3, 0.4) is 0 Å². The number of ether oxygens (including phenoxy) is 2. The predicted molar refractivity (Wildman–Crippen MR) is 127 cm³/mol. The van der Waals surface area contributed by atoms with Crippen molar-refractivity contribution in [2.45, 2.75) is 45.6 Å². The van der Waals surface area contributed by atoms with Crippen LogP contribution in [0.4, 0.5) is 5.13 Å². The van der Waals surface area contributed by atoms with E-state index in [0.717, 1.165) is 53.8 Å². The number of carbonyl (C=O) groups excluding carboxylic acids is 1. The number of unbranched alkanes of at least 4 members (excludes halogenated alkanes) is 1. The first-order chi connectivity index (χ1) is 15.0. The lowest BCUT2D eigenvalue weighted by Crippen LogP contribution is -2.37. The summed E-state index contributed by atoms with van der Waals surface area (Å²) in [5.41, 5.74) is 2.49. The SMILES string of the molecule is CCCCOc1ccc(C(=O)N(CC2CCCO2)c2nc3c(C)cc(Cl)cc3s2)cc1. The maximum atomic E-state index is 13.5. The van der Waals surface area contributed by atoms with E-state index in [2.05, 4.69) is 6.92 Å². The van der Waals surface area contributed by atoms with Gasteiger partial charge >= 0.3 is 0 Å². The zero-order valence-electron chi connectivity index (χ0n) is 17.9. The molecule has 7 heteroatoms. The van der Waals surface area contributed by atoms with E-state index in [9.17, 15) is 4.79 Å². The summed E-state index contributed by atoms with van der Waals surface area (Å²) < 4.78 is 12.5. The van der Waals surface area contributed by atoms with Crippen molar-refractivity contribution in [3.63, 3.8) is 0 Å². The Labute approximate surface area is 191 Å². The highest BCUT2D eigenvalue weighted by Gasteiger charge is 2.27. The fourth-order valence-electron chi connectivity index (χ4n) is 3.68. The van der Waals surface area contributed by atoms with Crippen LogP contribution >= 0.6 is 22.9 Å². The van der Waals surface area contributed by atoms with Gasteiger partial charge in [-0.3, -0.25) is 9.69 Å². The largest absolute Gasteiger partial charge is 0.494 e. The molecule has 2 aromatic carbocycles. The molecule has 0 aliphatic carbocycles. The van der Waals surface area contributed by atoms with Crippen LogP contribution in [-0.2, 0) is 4.74 Å². The number of aromatic nitrogens is 1. The lowest BCUT2D eigenvalue weighted by atomic mass is 10.1. The molecule has 1 atom stereocenters. The van der Waals surface area contributed by atoms with Crippen molar-refractivity contribution >= 4 is 44.2 Å². The van der Waals surface area contributed by atoms with Gasteiger partial charge in [-0.15, -0.1) is 0 Å². The van der Waals surface area contributed by atoms with E-state index in [1.54, 1.807) is 4.90 Å². The molecule has 0 bridgehead atoms. The first kappa shape index (κ1) is 22.1. The summed E-state index contributed by atoms with van der Waals surface area (Å²) in [6, 6.07) is 11.2. The molecule has 5 nitrogen and oxygen atoms in total. The molecule has 2 heterocycles. The number of hydrogen-bond donors (Lipinski definition) is 0. The first-order valence-electron chi connectivity index (χ1n) is 10.8. The number of rotatable bonds is 8. The van der Waals surface area contributed by atoms with E-state index in [1.165, 1.54) is 11.3 Å². The molecule has 1 saturated heterocycles. The number of aryl methyl sites for hydroxylation is 1. The van der Waals surface area contributed by atoms with Gasteiger partial charge in [-0.2, -0.15) is 0 Å². The molecule has 1 aliphatic heterocycles. The van der Waals surface area contributed by atoms with Crippen LogP contribution < -0.4 is 9.64 Å². The molecule has 0 spiro atoms. The van der Waals surface area contributed by atoms with E-state index >= 15 is 0 Å². The smallest absolute Gasteiger partial charge is 0.260 e. The molecule has 164 valence electrons. The number of thiazole rings is 1. The minimum absolute atomic E-state index is 0.0253. The fraction of sp³-hybridized carbons (Fsp3) is 0.417. The molecule has 31 heavy (non-hydrogen) atoms. The van der Waals surface area contributed by atoms with Gasteiger partial charge in [0.1, 0.15) is 5.75 Å². The second-order valence-electron chi connectivity index (χ2n) is 7.84. The molecule has 0 radical (unpaired) electrons. The van der Waals surface area contributed by atoms with Crippen molar-refractivity contribution in [3.8, 4) is 5.75 Å². The molecule has 4 rings (SSSR count). The van der Waals surface area contributed by atoms with Crippen LogP contribution in [0.15, 0.2) is 36.4 Å². The van der Waals surface area contributed by atoms with Gasteiger partial charge in [0.05, 0.1) is 29.5 Å². The molecular formula is C24H27ClN2O3S. The van der Waals surface area contributed by atoms with Gasteiger partial charge in [0.2, 0.25) is 0 Å². The highest BCUT2D eigenvalue weighted by atomic mass is 35.5. The Morgan fingerprint density at radius 2 is 2.13 bits per heavy atom. The lowest BCUT2D eigenvalue weighted by molar-refractivity contribution is 0.0917. The normalized spacial score (nSPS) is 16.0. The zero-order valence-corrected chi connectivity index (χ0v) is 19.5. The summed E-state index contributed by atoms with van der Waals surface area (Å²) in [6.07, 6.45) is 4.09. The quantitative estimate of drug-likeness (QED) is 0.373. The highest BCUT2D eigenvalue weighted by Crippen LogP contribution is 2.34. The van der Waals surface area contributed by atoms with Gasteiger partial charge in [0, 0.05) is 17.2 Å². The molecule has 1 amide bonds. The van der Waals surface area contributed by atoms with E-state index in [-0.39, 0.29) is 12.0 Å². The van der Waals surface area contributed by atoms with E-state index in [1.807, 2.05) is 43.3 Å². The van der Waals surface area contributed by atoms with Crippen molar-refractivity contribution < 1.29 is 14.3 Å². The van der Waals surface area contributed by atoms with Crippen LogP contribution in [0.2, 0.25) is 5.02 Å². The summed E-state index contributed by atoms with van der Waals surface area (Å²) in [5.74, 6) is 0.694. The summed E-state index contributed by atoms with van der Waals surface area (Å²) in [4.78, 5) is 20.0. The van der Waals surface area contributed by atoms with Crippen molar-refractivity contribution in [1.82, 2.24) is 4.98 Å². The summed E-state index contributed by atoms with van der Waals surface area (Å²) in [6.45, 7) is 6.03. The Morgan fingerprint density at radius 1 is 1.32 bits per heavy atom. The van der Waals surface area contributed by atoms with Crippen molar-refractivity contribution in [3.05, 3.63) is 52.5 Å². The fourth-order valence-corrected chi connectivity index (χ4v) is 5.11. The third-order valence-electron chi connectivity index (χ3n) is 5.39. The standard InChI is InChI=1S/C24H27ClN2O3S/c1-3-4-11-29-19-9-7-17(8-10-19)23(28)27(15-20-6-5-12-30-20)24-26-22-16(2)13-18(25)14-21(22)31-24/h7-10,13-14,20H,3-6,11-12,15H2,1-2H3. The number of benzene rings is 2. The monoisotopic (exact) mass is 458 g/mol. The van der Waals surface area contributed by atoms with Crippen molar-refractivity contribution in [2.24, 2.45) is 0 Å². The van der Waals surface area contributed by atoms with Gasteiger partial charge in [0.15, 0.2) is 5.13 Å². The Kier molecular flexibility index (Phi) is 7.10. The average molecular weight is 459 g/mol. The van der Waals surface area contributed by atoms with Gasteiger partial charge in [-0.05, 0) is 68.1 Å². The van der Waals surface area contributed by atoms with E-state index < -0.39 is 0 Å². The number of halogens is 1. The van der Waals surface area contributed by atoms with Crippen LogP contribution in [-0.4, -0.2) is 36.8 Å². The van der Waals surface area contributed by atoms with Gasteiger partial charge in [-0.1, -0.05) is 36.3 Å². The molecular weight excluding hydrogens is 432 g/mol. The Bertz CT molecular complexity index is 1040. The number of amides is 1. The van der Waals surface area contributed by atoms with E-state index in [0.29, 0.717) is 28.9 Å². The van der Waals surface area contributed by atoms with Crippen molar-refractivity contribution in [1.29, 1.82) is 0 Å². The number of anilines is 1. The maximum absolute atomic E-state index is 13.5. The highest BCUT2D eigenvalue weighted by molar-refractivity contribution is 7.22. The molecule has 1 aliphatic rings. The molecule has 3 aromatic rings. The summed E-state index contributed by atoms with van der Waals surface area (Å²) >= 11 is 7.72. The predicted octanol–water partition coefficient (Wildman–Crippen LogP) is 6.26. The zero-order chi connectivity index (χ0) is 21.8. The molecule has 1 aromatic heterocycles. The lowest BCUT2D eigenvalue weighted by Gasteiger charge is -2.23. The van der Waals surface area contributed by atoms with Gasteiger partial charge < -0.3 is 9.47 Å². The third-order valence-corrected chi connectivity index (χ3v) is 6.64. The Balaban J connectivity index is 1.61. The van der Waals surface area contributed by atoms with Crippen LogP contribution in [0, 0.1) is 6.92 Å². The van der Waals surface area contributed by atoms with Gasteiger partial charge in [-0.25, -0.2) is 4.98 Å². The second kappa shape index (κ2) is 9.98. The van der Waals surface area contributed by atoms with Gasteiger partial charge in [0.25, 0.3) is 5.91 Å². The van der Waals surface area contributed by atoms with E-state index in [4.69, 9.17) is 26.1 Å². The average Bonchev–Trinajstić information content (AvgIpc) is 3.42. The molecule has 0 saturated carbocycles. The summed E-state index contributed by atoms with van der Waals surface area (Å²) in [5, 5.41) is 1.35. The third kappa shape index (κ3) is 5.20. The van der Waals surface area contributed by atoms with Crippen molar-refractivity contribution in [2.75, 3.05) is 24.7 Å². The maximum Gasteiger partial charge on any atom is 0.260 e. The van der Waals surface area contributed by atoms with Crippen LogP contribution in [0.25, 0.3) is 10.2 Å². The molecule has 1 fully saturated rings. The molecule has 0 N–H and O–H groups in total. The Hall–Kier alpha value is -2.15. The van der Waals surface area contributed by atoms with Crippen LogP contribution in [0.1, 0.15) is 48.5 Å². The summed E-state index contributed by atoms with van der Waals surface area (Å²) in [7, 11) is 0. The minimum Gasteiger partial charge on any atom is -0.494 e. The molecule has 1 unspecified atom stereocenters. The first-order valence-corrected chi connectivity index (χ1v) is 12.0.